The Kier molecular flexibility index (Phi) is 4.66. The van der Waals surface area contributed by atoms with Gasteiger partial charge in [-0.1, -0.05) is 24.3 Å². The molecule has 134 valence electrons. The summed E-state index contributed by atoms with van der Waals surface area (Å²) < 4.78 is 2.14. The maximum Gasteiger partial charge on any atom is 0.254 e. The number of hydrogen-bond donors (Lipinski definition) is 0. The molecule has 5 nitrogen and oxygen atoms in total. The second-order valence-corrected chi connectivity index (χ2v) is 6.47. The molecule has 0 aliphatic heterocycles. The highest BCUT2D eigenvalue weighted by Crippen LogP contribution is 2.21. The van der Waals surface area contributed by atoms with E-state index in [0.717, 1.165) is 16.9 Å². The molecule has 0 N–H and O–H groups in total. The van der Waals surface area contributed by atoms with Gasteiger partial charge in [-0.15, -0.1) is 0 Å². The molecule has 0 radical (unpaired) electrons. The monoisotopic (exact) mass is 356 g/mol. The first kappa shape index (κ1) is 17.0. The molecule has 0 bridgehead atoms. The first-order valence-electron chi connectivity index (χ1n) is 8.85. The van der Waals surface area contributed by atoms with Crippen LogP contribution in [0.4, 0.5) is 0 Å². The molecule has 0 aliphatic rings. The first-order chi connectivity index (χ1) is 13.2. The minimum absolute atomic E-state index is 0.0340. The molecule has 1 amide bonds. The molecule has 4 rings (SSSR count). The number of aromatic nitrogens is 3. The van der Waals surface area contributed by atoms with E-state index in [0.29, 0.717) is 18.7 Å². The van der Waals surface area contributed by atoms with E-state index in [9.17, 15) is 4.79 Å². The SMILES string of the molecule is Cn1c(CN(Cc2ccccn2)C(=O)c2ccncc2)cc2ccccc21. The van der Waals surface area contributed by atoms with Crippen molar-refractivity contribution in [1.29, 1.82) is 0 Å². The predicted octanol–water partition coefficient (Wildman–Crippen LogP) is 3.81. The van der Waals surface area contributed by atoms with Crippen LogP contribution in [0.15, 0.2) is 79.3 Å². The van der Waals surface area contributed by atoms with Gasteiger partial charge in [-0.05, 0) is 41.8 Å². The van der Waals surface area contributed by atoms with Gasteiger partial charge in [0.1, 0.15) is 0 Å². The van der Waals surface area contributed by atoms with Crippen molar-refractivity contribution in [2.45, 2.75) is 13.1 Å². The molecule has 0 saturated heterocycles. The Balaban J connectivity index is 1.68. The molecule has 0 atom stereocenters. The quantitative estimate of drug-likeness (QED) is 0.546. The molecule has 0 fully saturated rings. The van der Waals surface area contributed by atoms with Gasteiger partial charge in [-0.25, -0.2) is 0 Å². The lowest BCUT2D eigenvalue weighted by Crippen LogP contribution is -2.31. The maximum absolute atomic E-state index is 13.1. The Morgan fingerprint density at radius 3 is 2.48 bits per heavy atom. The zero-order valence-corrected chi connectivity index (χ0v) is 15.1. The van der Waals surface area contributed by atoms with Crippen LogP contribution in [0.2, 0.25) is 0 Å². The maximum atomic E-state index is 13.1. The molecule has 0 unspecified atom stereocenters. The Morgan fingerprint density at radius 2 is 1.74 bits per heavy atom. The smallest absolute Gasteiger partial charge is 0.254 e. The van der Waals surface area contributed by atoms with Crippen LogP contribution in [0.5, 0.6) is 0 Å². The number of benzene rings is 1. The summed E-state index contributed by atoms with van der Waals surface area (Å²) in [7, 11) is 2.04. The van der Waals surface area contributed by atoms with Crippen LogP contribution in [0, 0.1) is 0 Å². The molecule has 0 aliphatic carbocycles. The second-order valence-electron chi connectivity index (χ2n) is 6.47. The molecule has 4 aromatic rings. The van der Waals surface area contributed by atoms with Crippen LogP contribution in [0.25, 0.3) is 10.9 Å². The third-order valence-electron chi connectivity index (χ3n) is 4.70. The number of fused-ring (bicyclic) bond motifs is 1. The number of carbonyl (C=O) groups excluding carboxylic acids is 1. The average molecular weight is 356 g/mol. The van der Waals surface area contributed by atoms with Gasteiger partial charge in [0, 0.05) is 42.4 Å². The summed E-state index contributed by atoms with van der Waals surface area (Å²) in [6, 6.07) is 19.6. The van der Waals surface area contributed by atoms with Gasteiger partial charge in [0.2, 0.25) is 0 Å². The highest BCUT2D eigenvalue weighted by molar-refractivity contribution is 5.94. The molecular formula is C22H20N4O. The third kappa shape index (κ3) is 3.58. The predicted molar refractivity (Wildman–Crippen MR) is 105 cm³/mol. The Labute approximate surface area is 157 Å². The first-order valence-corrected chi connectivity index (χ1v) is 8.85. The minimum atomic E-state index is -0.0340. The van der Waals surface area contributed by atoms with Crippen LogP contribution >= 0.6 is 0 Å². The van der Waals surface area contributed by atoms with Gasteiger partial charge in [-0.2, -0.15) is 0 Å². The van der Waals surface area contributed by atoms with Crippen LogP contribution in [0.1, 0.15) is 21.7 Å². The fourth-order valence-electron chi connectivity index (χ4n) is 3.26. The summed E-state index contributed by atoms with van der Waals surface area (Å²) >= 11 is 0. The van der Waals surface area contributed by atoms with E-state index in [2.05, 4.69) is 32.7 Å². The van der Waals surface area contributed by atoms with Gasteiger partial charge < -0.3 is 9.47 Å². The number of nitrogens with zero attached hydrogens (tertiary/aromatic N) is 4. The van der Waals surface area contributed by atoms with Crippen LogP contribution in [-0.4, -0.2) is 25.3 Å². The van der Waals surface area contributed by atoms with Crippen molar-refractivity contribution in [2.24, 2.45) is 7.05 Å². The highest BCUT2D eigenvalue weighted by atomic mass is 16.2. The lowest BCUT2D eigenvalue weighted by atomic mass is 10.2. The van der Waals surface area contributed by atoms with Gasteiger partial charge in [0.05, 0.1) is 18.8 Å². The van der Waals surface area contributed by atoms with Crippen LogP contribution in [0.3, 0.4) is 0 Å². The van der Waals surface area contributed by atoms with Gasteiger partial charge in [0.25, 0.3) is 5.91 Å². The zero-order valence-electron chi connectivity index (χ0n) is 15.1. The second kappa shape index (κ2) is 7.41. The highest BCUT2D eigenvalue weighted by Gasteiger charge is 2.19. The average Bonchev–Trinajstić information content (AvgIpc) is 3.04. The van der Waals surface area contributed by atoms with Crippen molar-refractivity contribution in [3.8, 4) is 0 Å². The van der Waals surface area contributed by atoms with Gasteiger partial charge in [-0.3, -0.25) is 14.8 Å². The number of hydrogen-bond acceptors (Lipinski definition) is 3. The zero-order chi connectivity index (χ0) is 18.6. The molecule has 0 saturated carbocycles. The molecule has 3 aromatic heterocycles. The lowest BCUT2D eigenvalue weighted by molar-refractivity contribution is 0.0724. The number of amides is 1. The van der Waals surface area contributed by atoms with Crippen molar-refractivity contribution >= 4 is 16.8 Å². The fraction of sp³-hybridized carbons (Fsp3) is 0.136. The summed E-state index contributed by atoms with van der Waals surface area (Å²) in [6.07, 6.45) is 5.03. The van der Waals surface area contributed by atoms with E-state index >= 15 is 0 Å². The van der Waals surface area contributed by atoms with Gasteiger partial charge >= 0.3 is 0 Å². The number of para-hydroxylation sites is 1. The number of aryl methyl sites for hydroxylation is 1. The molecular weight excluding hydrogens is 336 g/mol. The van der Waals surface area contributed by atoms with Crippen molar-refractivity contribution in [3.63, 3.8) is 0 Å². The Morgan fingerprint density at radius 1 is 0.963 bits per heavy atom. The van der Waals surface area contributed by atoms with Crippen molar-refractivity contribution in [2.75, 3.05) is 0 Å². The minimum Gasteiger partial charge on any atom is -0.346 e. The standard InChI is InChI=1S/C22H20N4O/c1-25-20(14-18-6-2-3-8-21(18)25)16-26(15-19-7-4-5-11-24-19)22(27)17-9-12-23-13-10-17/h2-14H,15-16H2,1H3. The van der Waals surface area contributed by atoms with Crippen molar-refractivity contribution in [1.82, 2.24) is 19.4 Å². The molecule has 1 aromatic carbocycles. The molecule has 3 heterocycles. The van der Waals surface area contributed by atoms with E-state index < -0.39 is 0 Å². The van der Waals surface area contributed by atoms with Crippen molar-refractivity contribution < 1.29 is 4.79 Å². The molecule has 5 heteroatoms. The summed E-state index contributed by atoms with van der Waals surface area (Å²) in [6.45, 7) is 0.951. The fourth-order valence-corrected chi connectivity index (χ4v) is 3.26. The van der Waals surface area contributed by atoms with E-state index in [1.807, 2.05) is 42.3 Å². The van der Waals surface area contributed by atoms with E-state index in [4.69, 9.17) is 0 Å². The Bertz CT molecular complexity index is 1060. The Hall–Kier alpha value is -3.47. The summed E-state index contributed by atoms with van der Waals surface area (Å²) in [5.41, 5.74) is 3.72. The third-order valence-corrected chi connectivity index (χ3v) is 4.70. The van der Waals surface area contributed by atoms with E-state index in [-0.39, 0.29) is 5.91 Å². The normalized spacial score (nSPS) is 10.9. The van der Waals surface area contributed by atoms with E-state index in [1.54, 1.807) is 30.7 Å². The lowest BCUT2D eigenvalue weighted by Gasteiger charge is -2.23. The number of rotatable bonds is 5. The molecule has 0 spiro atoms. The topological polar surface area (TPSA) is 51.0 Å². The molecule has 27 heavy (non-hydrogen) atoms. The van der Waals surface area contributed by atoms with E-state index in [1.165, 1.54) is 5.39 Å². The number of pyridine rings is 2. The van der Waals surface area contributed by atoms with Gasteiger partial charge in [0.15, 0.2) is 0 Å². The summed E-state index contributed by atoms with van der Waals surface area (Å²) in [5.74, 6) is -0.0340. The number of carbonyl (C=O) groups is 1. The summed E-state index contributed by atoms with van der Waals surface area (Å²) in [4.78, 5) is 23.4. The van der Waals surface area contributed by atoms with Crippen LogP contribution in [-0.2, 0) is 20.1 Å². The summed E-state index contributed by atoms with van der Waals surface area (Å²) in [5, 5.41) is 1.17. The van der Waals surface area contributed by atoms with Crippen LogP contribution < -0.4 is 0 Å². The largest absolute Gasteiger partial charge is 0.346 e. The van der Waals surface area contributed by atoms with Crippen molar-refractivity contribution in [3.05, 3.63) is 96.2 Å².